The van der Waals surface area contributed by atoms with Gasteiger partial charge in [0.25, 0.3) is 0 Å². The zero-order chi connectivity index (χ0) is 14.8. The zero-order valence-electron chi connectivity index (χ0n) is 11.5. The van der Waals surface area contributed by atoms with Crippen molar-refractivity contribution in [2.45, 2.75) is 0 Å². The number of benzene rings is 2. The Morgan fingerprint density at radius 1 is 1.19 bits per heavy atom. The van der Waals surface area contributed by atoms with E-state index in [1.165, 1.54) is 6.07 Å². The quantitative estimate of drug-likeness (QED) is 0.811. The Labute approximate surface area is 121 Å². The molecule has 2 aromatic rings. The fourth-order valence-corrected chi connectivity index (χ4v) is 2.22. The van der Waals surface area contributed by atoms with Gasteiger partial charge in [0.15, 0.2) is 17.3 Å². The molecule has 0 radical (unpaired) electrons. The number of rotatable bonds is 4. The Bertz CT molecular complexity index is 687. The third kappa shape index (κ3) is 2.67. The summed E-state index contributed by atoms with van der Waals surface area (Å²) in [4.78, 5) is 13.9. The molecule has 4 nitrogen and oxygen atoms in total. The Morgan fingerprint density at radius 3 is 2.76 bits per heavy atom. The van der Waals surface area contributed by atoms with Gasteiger partial charge in [0.1, 0.15) is 5.82 Å². The predicted octanol–water partition coefficient (Wildman–Crippen LogP) is 2.87. The second-order valence-electron chi connectivity index (χ2n) is 4.80. The molecule has 0 saturated carbocycles. The number of Topliss-reactive ketones (excluding diaryl/α,β-unsaturated/α-hetero) is 1. The normalized spacial score (nSPS) is 12.3. The van der Waals surface area contributed by atoms with Gasteiger partial charge in [-0.25, -0.2) is 4.39 Å². The van der Waals surface area contributed by atoms with Crippen LogP contribution in [0.1, 0.15) is 10.4 Å². The Balaban J connectivity index is 1.76. The Morgan fingerprint density at radius 2 is 1.95 bits per heavy atom. The molecule has 2 aromatic carbocycles. The minimum absolute atomic E-state index is 0.0839. The number of ether oxygens (including phenoxy) is 2. The first kappa shape index (κ1) is 13.4. The van der Waals surface area contributed by atoms with Crippen molar-refractivity contribution in [3.05, 3.63) is 53.8 Å². The van der Waals surface area contributed by atoms with Crippen molar-refractivity contribution in [1.29, 1.82) is 0 Å². The van der Waals surface area contributed by atoms with Crippen LogP contribution in [0, 0.1) is 5.82 Å². The topological polar surface area (TPSA) is 38.8 Å². The molecule has 108 valence electrons. The Hall–Kier alpha value is -2.56. The predicted molar refractivity (Wildman–Crippen MR) is 76.6 cm³/mol. The Kier molecular flexibility index (Phi) is 3.48. The molecule has 0 atom stereocenters. The van der Waals surface area contributed by atoms with Gasteiger partial charge < -0.3 is 14.4 Å². The van der Waals surface area contributed by atoms with Crippen molar-refractivity contribution < 1.29 is 18.7 Å². The maximum atomic E-state index is 13.7. The summed E-state index contributed by atoms with van der Waals surface area (Å²) in [6, 6.07) is 11.4. The van der Waals surface area contributed by atoms with Crippen LogP contribution < -0.4 is 14.4 Å². The molecule has 1 aliphatic rings. The molecule has 1 aliphatic heterocycles. The molecule has 21 heavy (non-hydrogen) atoms. The van der Waals surface area contributed by atoms with E-state index in [2.05, 4.69) is 0 Å². The molecule has 0 amide bonds. The first-order chi connectivity index (χ1) is 10.1. The number of carbonyl (C=O) groups excluding carboxylic acids is 1. The second-order valence-corrected chi connectivity index (χ2v) is 4.80. The van der Waals surface area contributed by atoms with Crippen LogP contribution in [0.25, 0.3) is 0 Å². The highest BCUT2D eigenvalue weighted by atomic mass is 19.1. The number of ketones is 1. The molecule has 0 fully saturated rings. The average molecular weight is 287 g/mol. The molecule has 0 spiro atoms. The summed E-state index contributed by atoms with van der Waals surface area (Å²) in [6.45, 7) is 0.253. The van der Waals surface area contributed by atoms with Gasteiger partial charge in [-0.2, -0.15) is 0 Å². The molecule has 0 bridgehead atoms. The van der Waals surface area contributed by atoms with E-state index in [-0.39, 0.29) is 24.9 Å². The van der Waals surface area contributed by atoms with Gasteiger partial charge in [0.05, 0.1) is 12.2 Å². The number of anilines is 1. The van der Waals surface area contributed by atoms with E-state index in [0.717, 1.165) is 0 Å². The van der Waals surface area contributed by atoms with E-state index in [4.69, 9.17) is 9.47 Å². The van der Waals surface area contributed by atoms with Crippen LogP contribution in [0.4, 0.5) is 10.1 Å². The summed E-state index contributed by atoms with van der Waals surface area (Å²) in [5, 5.41) is 0. The highest BCUT2D eigenvalue weighted by Gasteiger charge is 2.18. The molecule has 0 aromatic heterocycles. The van der Waals surface area contributed by atoms with Crippen molar-refractivity contribution in [1.82, 2.24) is 0 Å². The monoisotopic (exact) mass is 287 g/mol. The highest BCUT2D eigenvalue weighted by Crippen LogP contribution is 2.32. The molecular formula is C16H14FNO3. The van der Waals surface area contributed by atoms with Crippen LogP contribution in [-0.4, -0.2) is 26.2 Å². The third-order valence-corrected chi connectivity index (χ3v) is 3.34. The summed E-state index contributed by atoms with van der Waals surface area (Å²) in [7, 11) is 1.68. The maximum absolute atomic E-state index is 13.7. The van der Waals surface area contributed by atoms with Crippen molar-refractivity contribution in [2.24, 2.45) is 0 Å². The smallest absolute Gasteiger partial charge is 0.231 e. The molecule has 5 heteroatoms. The van der Waals surface area contributed by atoms with Crippen LogP contribution in [0.5, 0.6) is 11.5 Å². The van der Waals surface area contributed by atoms with Crippen molar-refractivity contribution in [3.8, 4) is 11.5 Å². The van der Waals surface area contributed by atoms with Gasteiger partial charge >= 0.3 is 0 Å². The third-order valence-electron chi connectivity index (χ3n) is 3.34. The number of likely N-dealkylation sites (N-methyl/N-ethyl adjacent to an activating group) is 1. The lowest BCUT2D eigenvalue weighted by atomic mass is 10.1. The van der Waals surface area contributed by atoms with Crippen LogP contribution in [0.2, 0.25) is 0 Å². The fraction of sp³-hybridized carbons (Fsp3) is 0.188. The van der Waals surface area contributed by atoms with E-state index in [1.54, 1.807) is 48.3 Å². The van der Waals surface area contributed by atoms with Gasteiger partial charge in [-0.1, -0.05) is 12.1 Å². The second kappa shape index (κ2) is 5.44. The maximum Gasteiger partial charge on any atom is 0.231 e. The lowest BCUT2D eigenvalue weighted by Gasteiger charge is -2.19. The number of hydrogen-bond acceptors (Lipinski definition) is 4. The summed E-state index contributed by atoms with van der Waals surface area (Å²) < 4.78 is 24.1. The summed E-state index contributed by atoms with van der Waals surface area (Å²) in [5.74, 6) is 0.737. The lowest BCUT2D eigenvalue weighted by Crippen LogP contribution is -2.26. The summed E-state index contributed by atoms with van der Waals surface area (Å²) in [5.41, 5.74) is 0.911. The van der Waals surface area contributed by atoms with Crippen molar-refractivity contribution in [3.63, 3.8) is 0 Å². The summed E-state index contributed by atoms with van der Waals surface area (Å²) >= 11 is 0. The fourth-order valence-electron chi connectivity index (χ4n) is 2.22. The number of carbonyl (C=O) groups is 1. The molecule has 1 heterocycles. The molecule has 3 rings (SSSR count). The average Bonchev–Trinajstić information content (AvgIpc) is 2.94. The van der Waals surface area contributed by atoms with Crippen LogP contribution >= 0.6 is 0 Å². The number of nitrogens with zero attached hydrogens (tertiary/aromatic N) is 1. The van der Waals surface area contributed by atoms with Crippen molar-refractivity contribution in [2.75, 3.05) is 25.3 Å². The molecule has 0 unspecified atom stereocenters. The molecule has 0 saturated heterocycles. The number of halogens is 1. The minimum atomic E-state index is -0.349. The van der Waals surface area contributed by atoms with E-state index in [1.807, 2.05) is 0 Å². The zero-order valence-corrected chi connectivity index (χ0v) is 11.5. The van der Waals surface area contributed by atoms with Gasteiger partial charge in [0.2, 0.25) is 6.79 Å². The largest absolute Gasteiger partial charge is 0.454 e. The van der Waals surface area contributed by atoms with Gasteiger partial charge in [-0.3, -0.25) is 4.79 Å². The number of hydrogen-bond donors (Lipinski definition) is 0. The van der Waals surface area contributed by atoms with Gasteiger partial charge in [-0.15, -0.1) is 0 Å². The standard InChI is InChI=1S/C16H14FNO3/c1-18(13-5-3-2-4-12(13)17)9-14(19)11-6-7-15-16(8-11)21-10-20-15/h2-8H,9-10H2,1H3. The molecular weight excluding hydrogens is 273 g/mol. The first-order valence-corrected chi connectivity index (χ1v) is 6.53. The van der Waals surface area contributed by atoms with E-state index >= 15 is 0 Å². The van der Waals surface area contributed by atoms with Crippen LogP contribution in [-0.2, 0) is 0 Å². The molecule has 0 N–H and O–H groups in total. The first-order valence-electron chi connectivity index (χ1n) is 6.53. The van der Waals surface area contributed by atoms with Gasteiger partial charge in [-0.05, 0) is 30.3 Å². The number of fused-ring (bicyclic) bond motifs is 1. The lowest BCUT2D eigenvalue weighted by molar-refractivity contribution is 0.1000. The van der Waals surface area contributed by atoms with Crippen molar-refractivity contribution >= 4 is 11.5 Å². The SMILES string of the molecule is CN(CC(=O)c1ccc2c(c1)OCO2)c1ccccc1F. The summed E-state index contributed by atoms with van der Waals surface area (Å²) in [6.07, 6.45) is 0. The van der Waals surface area contributed by atoms with E-state index < -0.39 is 0 Å². The van der Waals surface area contributed by atoms with Crippen LogP contribution in [0.15, 0.2) is 42.5 Å². The van der Waals surface area contributed by atoms with E-state index in [0.29, 0.717) is 22.7 Å². The highest BCUT2D eigenvalue weighted by molar-refractivity contribution is 5.99. The van der Waals surface area contributed by atoms with Crippen LogP contribution in [0.3, 0.4) is 0 Å². The minimum Gasteiger partial charge on any atom is -0.454 e. The number of para-hydroxylation sites is 1. The van der Waals surface area contributed by atoms with Gasteiger partial charge in [0, 0.05) is 12.6 Å². The van der Waals surface area contributed by atoms with E-state index in [9.17, 15) is 9.18 Å². The molecule has 0 aliphatic carbocycles.